The van der Waals surface area contributed by atoms with Gasteiger partial charge >= 0.3 is 0 Å². The first-order valence-electron chi connectivity index (χ1n) is 4.45. The van der Waals surface area contributed by atoms with E-state index in [1.54, 1.807) is 12.1 Å². The van der Waals surface area contributed by atoms with Crippen LogP contribution < -0.4 is 5.73 Å². The molecule has 2 nitrogen and oxygen atoms in total. The Kier molecular flexibility index (Phi) is 4.51. The Labute approximate surface area is 91.4 Å². The van der Waals surface area contributed by atoms with Crippen molar-refractivity contribution in [2.24, 2.45) is 5.73 Å². The number of ether oxygens (including phenoxy) is 1. The molecule has 0 amide bonds. The molecule has 0 fully saturated rings. The van der Waals surface area contributed by atoms with Gasteiger partial charge in [-0.1, -0.05) is 6.07 Å². The van der Waals surface area contributed by atoms with E-state index >= 15 is 0 Å². The number of nitrogens with two attached hydrogens (primary N) is 1. The topological polar surface area (TPSA) is 35.2 Å². The molecule has 0 saturated heterocycles. The zero-order chi connectivity index (χ0) is 10.6. The molecule has 1 aromatic rings. The van der Waals surface area contributed by atoms with E-state index in [-0.39, 0.29) is 11.9 Å². The molecular weight excluding hydrogens is 249 g/mol. The highest BCUT2D eigenvalue weighted by atomic mass is 79.9. The number of rotatable bonds is 4. The highest BCUT2D eigenvalue weighted by Gasteiger charge is 2.10. The Morgan fingerprint density at radius 1 is 1.57 bits per heavy atom. The Morgan fingerprint density at radius 2 is 2.29 bits per heavy atom. The summed E-state index contributed by atoms with van der Waals surface area (Å²) >= 11 is 3.09. The molecule has 1 aromatic carbocycles. The number of benzene rings is 1. The summed E-state index contributed by atoms with van der Waals surface area (Å²) in [7, 11) is 0. The Morgan fingerprint density at radius 3 is 2.79 bits per heavy atom. The summed E-state index contributed by atoms with van der Waals surface area (Å²) in [4.78, 5) is 0. The summed E-state index contributed by atoms with van der Waals surface area (Å²) in [6, 6.07) is 4.91. The van der Waals surface area contributed by atoms with Crippen LogP contribution in [0.15, 0.2) is 22.7 Å². The summed E-state index contributed by atoms with van der Waals surface area (Å²) in [5.41, 5.74) is 6.29. The first-order valence-corrected chi connectivity index (χ1v) is 5.25. The lowest BCUT2D eigenvalue weighted by molar-refractivity contribution is 0.0686. The second-order valence-electron chi connectivity index (χ2n) is 2.85. The Bertz CT molecular complexity index is 306. The molecule has 4 heteroatoms. The lowest BCUT2D eigenvalue weighted by Gasteiger charge is -2.15. The van der Waals surface area contributed by atoms with Gasteiger partial charge in [-0.3, -0.25) is 0 Å². The van der Waals surface area contributed by atoms with E-state index in [9.17, 15) is 4.39 Å². The summed E-state index contributed by atoms with van der Waals surface area (Å²) in [6.45, 7) is 2.81. The van der Waals surface area contributed by atoms with Crippen molar-refractivity contribution < 1.29 is 9.13 Å². The average molecular weight is 262 g/mol. The van der Waals surface area contributed by atoms with Crippen molar-refractivity contribution in [3.8, 4) is 0 Å². The second-order valence-corrected chi connectivity index (χ2v) is 3.71. The van der Waals surface area contributed by atoms with Crippen LogP contribution in [0.2, 0.25) is 0 Å². The lowest BCUT2D eigenvalue weighted by Crippen LogP contribution is -2.15. The van der Waals surface area contributed by atoms with E-state index in [0.717, 1.165) is 5.56 Å². The monoisotopic (exact) mass is 261 g/mol. The molecule has 1 atom stereocenters. The first-order chi connectivity index (χ1) is 6.69. The van der Waals surface area contributed by atoms with Crippen LogP contribution >= 0.6 is 15.9 Å². The third-order valence-corrected chi connectivity index (χ3v) is 2.54. The summed E-state index contributed by atoms with van der Waals surface area (Å²) in [5.74, 6) is -0.291. The number of hydrogen-bond acceptors (Lipinski definition) is 2. The largest absolute Gasteiger partial charge is 0.372 e. The van der Waals surface area contributed by atoms with Crippen LogP contribution in [0.25, 0.3) is 0 Å². The minimum Gasteiger partial charge on any atom is -0.372 e. The smallest absolute Gasteiger partial charge is 0.137 e. The minimum absolute atomic E-state index is 0.220. The second kappa shape index (κ2) is 5.44. The van der Waals surface area contributed by atoms with Gasteiger partial charge in [0, 0.05) is 13.2 Å². The molecule has 78 valence electrons. The van der Waals surface area contributed by atoms with Crippen molar-refractivity contribution in [3.05, 3.63) is 34.1 Å². The maximum absolute atomic E-state index is 13.2. The molecule has 0 heterocycles. The van der Waals surface area contributed by atoms with Gasteiger partial charge in [0.2, 0.25) is 0 Å². The van der Waals surface area contributed by atoms with Gasteiger partial charge in [-0.15, -0.1) is 0 Å². The molecule has 0 spiro atoms. The Balaban J connectivity index is 2.88. The lowest BCUT2D eigenvalue weighted by atomic mass is 10.1. The summed E-state index contributed by atoms with van der Waals surface area (Å²) < 4.78 is 19.0. The molecule has 1 rings (SSSR count). The van der Waals surface area contributed by atoms with Crippen LogP contribution in [0.5, 0.6) is 0 Å². The molecular formula is C10H13BrFNO. The normalized spacial score (nSPS) is 12.9. The van der Waals surface area contributed by atoms with Crippen molar-refractivity contribution in [1.29, 1.82) is 0 Å². The van der Waals surface area contributed by atoms with Crippen LogP contribution in [0.4, 0.5) is 4.39 Å². The molecule has 0 aliphatic rings. The van der Waals surface area contributed by atoms with E-state index in [1.807, 2.05) is 6.92 Å². The van der Waals surface area contributed by atoms with E-state index < -0.39 is 0 Å². The van der Waals surface area contributed by atoms with Gasteiger partial charge in [0.15, 0.2) is 0 Å². The fraction of sp³-hybridized carbons (Fsp3) is 0.400. The quantitative estimate of drug-likeness (QED) is 0.905. The van der Waals surface area contributed by atoms with Crippen molar-refractivity contribution in [3.63, 3.8) is 0 Å². The van der Waals surface area contributed by atoms with Crippen LogP contribution in [0.1, 0.15) is 18.6 Å². The molecule has 0 radical (unpaired) electrons. The van der Waals surface area contributed by atoms with Crippen molar-refractivity contribution in [2.45, 2.75) is 13.0 Å². The highest BCUT2D eigenvalue weighted by Crippen LogP contribution is 2.22. The van der Waals surface area contributed by atoms with Crippen LogP contribution in [0, 0.1) is 5.82 Å². The van der Waals surface area contributed by atoms with Crippen LogP contribution in [-0.4, -0.2) is 13.2 Å². The molecule has 14 heavy (non-hydrogen) atoms. The van der Waals surface area contributed by atoms with Gasteiger partial charge in [-0.05, 0) is 40.5 Å². The van der Waals surface area contributed by atoms with Crippen LogP contribution in [-0.2, 0) is 4.74 Å². The minimum atomic E-state index is -0.291. The standard InChI is InChI=1S/C10H13BrFNO/c1-2-14-10(6-13)7-3-4-8(11)9(12)5-7/h3-5,10H,2,6,13H2,1H3. The summed E-state index contributed by atoms with van der Waals surface area (Å²) in [6.07, 6.45) is -0.220. The van der Waals surface area contributed by atoms with E-state index in [1.165, 1.54) is 6.07 Å². The molecule has 0 saturated carbocycles. The number of halogens is 2. The number of hydrogen-bond donors (Lipinski definition) is 1. The average Bonchev–Trinajstić information content (AvgIpc) is 2.19. The van der Waals surface area contributed by atoms with E-state index in [4.69, 9.17) is 10.5 Å². The van der Waals surface area contributed by atoms with Crippen LogP contribution in [0.3, 0.4) is 0 Å². The molecule has 0 aromatic heterocycles. The van der Waals surface area contributed by atoms with Crippen molar-refractivity contribution in [1.82, 2.24) is 0 Å². The van der Waals surface area contributed by atoms with Gasteiger partial charge in [-0.25, -0.2) is 4.39 Å². The molecule has 0 bridgehead atoms. The fourth-order valence-electron chi connectivity index (χ4n) is 1.21. The van der Waals surface area contributed by atoms with Crippen molar-refractivity contribution >= 4 is 15.9 Å². The van der Waals surface area contributed by atoms with E-state index in [0.29, 0.717) is 17.6 Å². The predicted octanol–water partition coefficient (Wildman–Crippen LogP) is 2.62. The third kappa shape index (κ3) is 2.77. The van der Waals surface area contributed by atoms with Gasteiger partial charge in [0.25, 0.3) is 0 Å². The molecule has 0 aliphatic heterocycles. The van der Waals surface area contributed by atoms with Crippen molar-refractivity contribution in [2.75, 3.05) is 13.2 Å². The SMILES string of the molecule is CCOC(CN)c1ccc(Br)c(F)c1. The maximum atomic E-state index is 13.2. The highest BCUT2D eigenvalue weighted by molar-refractivity contribution is 9.10. The molecule has 2 N–H and O–H groups in total. The maximum Gasteiger partial charge on any atom is 0.137 e. The van der Waals surface area contributed by atoms with Gasteiger partial charge in [0.05, 0.1) is 10.6 Å². The molecule has 1 unspecified atom stereocenters. The zero-order valence-electron chi connectivity index (χ0n) is 7.97. The van der Waals surface area contributed by atoms with Gasteiger partial charge in [-0.2, -0.15) is 0 Å². The zero-order valence-corrected chi connectivity index (χ0v) is 9.55. The van der Waals surface area contributed by atoms with Gasteiger partial charge in [0.1, 0.15) is 5.82 Å². The predicted molar refractivity (Wildman–Crippen MR) is 57.5 cm³/mol. The molecule has 0 aliphatic carbocycles. The summed E-state index contributed by atoms with van der Waals surface area (Å²) in [5, 5.41) is 0. The van der Waals surface area contributed by atoms with Gasteiger partial charge < -0.3 is 10.5 Å². The van der Waals surface area contributed by atoms with E-state index in [2.05, 4.69) is 15.9 Å². The third-order valence-electron chi connectivity index (χ3n) is 1.90. The fourth-order valence-corrected chi connectivity index (χ4v) is 1.46. The first kappa shape index (κ1) is 11.6. The Hall–Kier alpha value is -0.450.